The highest BCUT2D eigenvalue weighted by Gasteiger charge is 2.26. The number of hydrogen-bond donors (Lipinski definition) is 1. The van der Waals surface area contributed by atoms with Gasteiger partial charge in [0, 0.05) is 12.7 Å². The molecular formula is C15H22N4. The van der Waals surface area contributed by atoms with Crippen LogP contribution >= 0.6 is 0 Å². The van der Waals surface area contributed by atoms with Crippen molar-refractivity contribution in [3.63, 3.8) is 0 Å². The summed E-state index contributed by atoms with van der Waals surface area (Å²) in [6.45, 7) is 6.48. The lowest BCUT2D eigenvalue weighted by molar-refractivity contribution is 0.287. The molecule has 2 unspecified atom stereocenters. The van der Waals surface area contributed by atoms with Crippen LogP contribution in [0.3, 0.4) is 0 Å². The van der Waals surface area contributed by atoms with Crippen LogP contribution in [-0.4, -0.2) is 21.1 Å². The Balaban J connectivity index is 1.99. The maximum absolute atomic E-state index is 4.81. The Hall–Kier alpha value is -1.42. The van der Waals surface area contributed by atoms with Crippen molar-refractivity contribution in [3.8, 4) is 0 Å². The second-order valence-corrected chi connectivity index (χ2v) is 5.37. The quantitative estimate of drug-likeness (QED) is 0.920. The number of nitrogens with zero attached hydrogens (tertiary/aromatic N) is 3. The van der Waals surface area contributed by atoms with E-state index in [0.29, 0.717) is 6.04 Å². The molecule has 3 heterocycles. The third kappa shape index (κ3) is 2.25. The van der Waals surface area contributed by atoms with Crippen molar-refractivity contribution in [2.24, 2.45) is 5.92 Å². The molecule has 2 aromatic heterocycles. The topological polar surface area (TPSA) is 42.7 Å². The number of hydrogen-bond acceptors (Lipinski definition) is 3. The zero-order valence-corrected chi connectivity index (χ0v) is 11.8. The highest BCUT2D eigenvalue weighted by molar-refractivity contribution is 5.71. The third-order valence-electron chi connectivity index (χ3n) is 4.25. The summed E-state index contributed by atoms with van der Waals surface area (Å²) in [4.78, 5) is 9.29. The van der Waals surface area contributed by atoms with Gasteiger partial charge in [-0.2, -0.15) is 0 Å². The van der Waals surface area contributed by atoms with Crippen LogP contribution in [-0.2, 0) is 6.54 Å². The van der Waals surface area contributed by atoms with Gasteiger partial charge in [0.05, 0.1) is 6.04 Å². The Morgan fingerprint density at radius 1 is 1.42 bits per heavy atom. The van der Waals surface area contributed by atoms with Gasteiger partial charge in [-0.15, -0.1) is 0 Å². The van der Waals surface area contributed by atoms with Gasteiger partial charge < -0.3 is 9.88 Å². The third-order valence-corrected chi connectivity index (χ3v) is 4.25. The summed E-state index contributed by atoms with van der Waals surface area (Å²) < 4.78 is 2.26. The standard InChI is InChI=1S/C15H22N4/c1-3-11-7-9-16-13(10-11)15-18-12-6-5-8-17-14(12)19(15)4-2/h5-6,8,11,13,16H,3-4,7,9-10H2,1-2H3. The van der Waals surface area contributed by atoms with E-state index in [-0.39, 0.29) is 0 Å². The average molecular weight is 258 g/mol. The lowest BCUT2D eigenvalue weighted by Gasteiger charge is -2.29. The summed E-state index contributed by atoms with van der Waals surface area (Å²) in [5.74, 6) is 1.98. The molecule has 2 aromatic rings. The van der Waals surface area contributed by atoms with Crippen LogP contribution in [0.4, 0.5) is 0 Å². The normalized spacial score (nSPS) is 23.9. The van der Waals surface area contributed by atoms with Crippen molar-refractivity contribution in [3.05, 3.63) is 24.2 Å². The highest BCUT2D eigenvalue weighted by Crippen LogP contribution is 2.30. The molecule has 3 rings (SSSR count). The summed E-state index contributed by atoms with van der Waals surface area (Å²) in [7, 11) is 0. The minimum absolute atomic E-state index is 0.382. The minimum atomic E-state index is 0.382. The molecule has 102 valence electrons. The van der Waals surface area contributed by atoms with Crippen LogP contribution in [0.1, 0.15) is 45.0 Å². The highest BCUT2D eigenvalue weighted by atomic mass is 15.2. The number of rotatable bonds is 3. The van der Waals surface area contributed by atoms with Crippen molar-refractivity contribution in [2.75, 3.05) is 6.54 Å². The van der Waals surface area contributed by atoms with Gasteiger partial charge in [-0.25, -0.2) is 9.97 Å². The van der Waals surface area contributed by atoms with Crippen molar-refractivity contribution >= 4 is 11.2 Å². The minimum Gasteiger partial charge on any atom is -0.312 e. The molecule has 1 aliphatic rings. The first-order valence-corrected chi connectivity index (χ1v) is 7.38. The van der Waals surface area contributed by atoms with Gasteiger partial charge in [-0.1, -0.05) is 13.3 Å². The van der Waals surface area contributed by atoms with E-state index in [9.17, 15) is 0 Å². The molecule has 19 heavy (non-hydrogen) atoms. The zero-order valence-electron chi connectivity index (χ0n) is 11.8. The maximum atomic E-state index is 4.81. The molecule has 2 atom stereocenters. The molecular weight excluding hydrogens is 236 g/mol. The van der Waals surface area contributed by atoms with Crippen LogP contribution in [0.2, 0.25) is 0 Å². The van der Waals surface area contributed by atoms with Crippen molar-refractivity contribution in [2.45, 2.75) is 45.7 Å². The summed E-state index contributed by atoms with van der Waals surface area (Å²) in [6.07, 6.45) is 5.60. The van der Waals surface area contributed by atoms with E-state index in [4.69, 9.17) is 4.98 Å². The van der Waals surface area contributed by atoms with E-state index in [2.05, 4.69) is 34.8 Å². The van der Waals surface area contributed by atoms with E-state index >= 15 is 0 Å². The van der Waals surface area contributed by atoms with Gasteiger partial charge in [0.15, 0.2) is 5.65 Å². The fourth-order valence-corrected chi connectivity index (χ4v) is 3.12. The molecule has 0 amide bonds. The molecule has 4 heteroatoms. The number of imidazole rings is 1. The van der Waals surface area contributed by atoms with Gasteiger partial charge in [0.25, 0.3) is 0 Å². The molecule has 1 saturated heterocycles. The van der Waals surface area contributed by atoms with Crippen molar-refractivity contribution in [1.82, 2.24) is 19.9 Å². The summed E-state index contributed by atoms with van der Waals surface area (Å²) in [5.41, 5.74) is 2.03. The first-order chi connectivity index (χ1) is 9.33. The van der Waals surface area contributed by atoms with Crippen molar-refractivity contribution < 1.29 is 0 Å². The number of piperidine rings is 1. The smallest absolute Gasteiger partial charge is 0.160 e. The summed E-state index contributed by atoms with van der Waals surface area (Å²) in [5, 5.41) is 3.62. The van der Waals surface area contributed by atoms with E-state index in [0.717, 1.165) is 36.0 Å². The van der Waals surface area contributed by atoms with E-state index in [1.807, 2.05) is 12.3 Å². The van der Waals surface area contributed by atoms with Gasteiger partial charge >= 0.3 is 0 Å². The van der Waals surface area contributed by atoms with Crippen LogP contribution in [0.5, 0.6) is 0 Å². The lowest BCUT2D eigenvalue weighted by atomic mass is 9.90. The molecule has 0 aliphatic carbocycles. The number of nitrogens with one attached hydrogen (secondary N) is 1. The molecule has 0 aromatic carbocycles. The Kier molecular flexibility index (Phi) is 3.51. The first kappa shape index (κ1) is 12.6. The van der Waals surface area contributed by atoms with E-state index in [1.165, 1.54) is 19.3 Å². The molecule has 4 nitrogen and oxygen atoms in total. The van der Waals surface area contributed by atoms with E-state index < -0.39 is 0 Å². The Bertz CT molecular complexity index is 560. The van der Waals surface area contributed by atoms with Gasteiger partial charge in [0.2, 0.25) is 0 Å². The van der Waals surface area contributed by atoms with Crippen LogP contribution in [0.15, 0.2) is 18.3 Å². The molecule has 1 N–H and O–H groups in total. The Morgan fingerprint density at radius 2 is 2.32 bits per heavy atom. The molecule has 0 radical (unpaired) electrons. The second kappa shape index (κ2) is 5.29. The number of pyridine rings is 1. The van der Waals surface area contributed by atoms with Crippen LogP contribution in [0.25, 0.3) is 11.2 Å². The second-order valence-electron chi connectivity index (χ2n) is 5.37. The zero-order chi connectivity index (χ0) is 13.2. The van der Waals surface area contributed by atoms with Gasteiger partial charge in [-0.3, -0.25) is 0 Å². The molecule has 0 bridgehead atoms. The SMILES string of the molecule is CCC1CCNC(c2nc3cccnc3n2CC)C1. The fourth-order valence-electron chi connectivity index (χ4n) is 3.12. The van der Waals surface area contributed by atoms with Crippen LogP contribution in [0, 0.1) is 5.92 Å². The Labute approximate surface area is 114 Å². The average Bonchev–Trinajstić information content (AvgIpc) is 2.86. The molecule has 0 spiro atoms. The summed E-state index contributed by atoms with van der Waals surface area (Å²) >= 11 is 0. The lowest BCUT2D eigenvalue weighted by Crippen LogP contribution is -2.33. The van der Waals surface area contributed by atoms with Gasteiger partial charge in [-0.05, 0) is 44.4 Å². The number of aryl methyl sites for hydroxylation is 1. The first-order valence-electron chi connectivity index (χ1n) is 7.38. The van der Waals surface area contributed by atoms with E-state index in [1.54, 1.807) is 0 Å². The number of aromatic nitrogens is 3. The monoisotopic (exact) mass is 258 g/mol. The molecule has 1 aliphatic heterocycles. The fraction of sp³-hybridized carbons (Fsp3) is 0.600. The number of fused-ring (bicyclic) bond motifs is 1. The predicted molar refractivity (Wildman–Crippen MR) is 77.0 cm³/mol. The largest absolute Gasteiger partial charge is 0.312 e. The van der Waals surface area contributed by atoms with Crippen molar-refractivity contribution in [1.29, 1.82) is 0 Å². The molecule has 1 fully saturated rings. The predicted octanol–water partition coefficient (Wildman–Crippen LogP) is 2.90. The van der Waals surface area contributed by atoms with Crippen LogP contribution < -0.4 is 5.32 Å². The Morgan fingerprint density at radius 3 is 3.11 bits per heavy atom. The summed E-state index contributed by atoms with van der Waals surface area (Å²) in [6, 6.07) is 4.40. The molecule has 0 saturated carbocycles. The maximum Gasteiger partial charge on any atom is 0.160 e. The van der Waals surface area contributed by atoms with Gasteiger partial charge in [0.1, 0.15) is 11.3 Å².